The summed E-state index contributed by atoms with van der Waals surface area (Å²) in [6.07, 6.45) is -0.114. The highest BCUT2D eigenvalue weighted by Crippen LogP contribution is 2.29. The Morgan fingerprint density at radius 3 is 2.53 bits per heavy atom. The Kier molecular flexibility index (Phi) is 6.30. The summed E-state index contributed by atoms with van der Waals surface area (Å²) in [6, 6.07) is 5.27. The quantitative estimate of drug-likeness (QED) is 0.434. The molecule has 1 fully saturated rings. The van der Waals surface area contributed by atoms with Crippen LogP contribution in [0.5, 0.6) is 0 Å². The minimum atomic E-state index is -2.50. The van der Waals surface area contributed by atoms with Crippen molar-refractivity contribution in [2.45, 2.75) is 38.7 Å². The molecule has 4 aromatic rings. The Morgan fingerprint density at radius 1 is 1.12 bits per heavy atom. The first kappa shape index (κ1) is 23.7. The molecule has 0 aromatic carbocycles. The van der Waals surface area contributed by atoms with Gasteiger partial charge < -0.3 is 20.9 Å². The topological polar surface area (TPSA) is 116 Å². The second-order valence-corrected chi connectivity index (χ2v) is 8.28. The molecular weight excluding hydrogens is 454 g/mol. The van der Waals surface area contributed by atoms with Crippen LogP contribution in [0.4, 0.5) is 29.3 Å². The third-order valence-corrected chi connectivity index (χ3v) is 5.52. The van der Waals surface area contributed by atoms with Crippen LogP contribution in [-0.4, -0.2) is 66.5 Å². The van der Waals surface area contributed by atoms with Crippen LogP contribution < -0.4 is 11.5 Å². The first-order valence-corrected chi connectivity index (χ1v) is 10.6. The van der Waals surface area contributed by atoms with E-state index in [1.54, 1.807) is 43.3 Å². The number of aryl methyl sites for hydroxylation is 1. The molecule has 9 nitrogen and oxygen atoms in total. The first-order valence-electron chi connectivity index (χ1n) is 10.6. The van der Waals surface area contributed by atoms with Gasteiger partial charge in [-0.15, -0.1) is 5.10 Å². The number of nitrogens with two attached hydrogens (primary N) is 2. The van der Waals surface area contributed by atoms with Gasteiger partial charge >= 0.3 is 0 Å². The largest absolute Gasteiger partial charge is 0.382 e. The van der Waals surface area contributed by atoms with Crippen LogP contribution in [0.1, 0.15) is 18.7 Å². The molecule has 0 amide bonds. The van der Waals surface area contributed by atoms with Gasteiger partial charge in [-0.1, -0.05) is 0 Å². The Bertz CT molecular complexity index is 1310. The number of piperidine rings is 1. The van der Waals surface area contributed by atoms with Gasteiger partial charge in [0.05, 0.1) is 18.8 Å². The van der Waals surface area contributed by atoms with Crippen molar-refractivity contribution in [3.8, 4) is 11.3 Å². The number of anilines is 2. The molecule has 0 spiro atoms. The number of nitrogen functional groups attached to an aromatic ring is 2. The smallest absolute Gasteiger partial charge is 0.260 e. The van der Waals surface area contributed by atoms with Crippen LogP contribution in [-0.2, 0) is 6.54 Å². The van der Waals surface area contributed by atoms with Gasteiger partial charge in [0, 0.05) is 18.2 Å². The van der Waals surface area contributed by atoms with E-state index in [0.717, 1.165) is 6.54 Å². The fraction of sp³-hybridized carbons (Fsp3) is 0.429. The predicted molar refractivity (Wildman–Crippen MR) is 121 cm³/mol. The molecule has 1 saturated heterocycles. The number of imidazole rings is 1. The number of nitrogens with zero attached hydrogens (tertiary/aromatic N) is 7. The molecule has 0 unspecified atom stereocenters. The third kappa shape index (κ3) is 4.88. The third-order valence-electron chi connectivity index (χ3n) is 5.52. The van der Waals surface area contributed by atoms with Crippen molar-refractivity contribution in [3.63, 3.8) is 0 Å². The van der Waals surface area contributed by atoms with Crippen LogP contribution in [0.2, 0.25) is 0 Å². The average Bonchev–Trinajstić information content (AvgIpc) is 3.28. The summed E-state index contributed by atoms with van der Waals surface area (Å²) in [7, 11) is 1.73. The number of likely N-dealkylation sites (tertiary alicyclic amines) is 1. The number of fused-ring (bicyclic) bond motifs is 2. The SMILES string of the molecule is CN1CCCC(F)(F)C1.Cc1nc2ccc(-c3ccn4nc(N)nc(N)c34)nc2n1CC(F)F. The van der Waals surface area contributed by atoms with Crippen molar-refractivity contribution in [1.29, 1.82) is 0 Å². The van der Waals surface area contributed by atoms with E-state index in [2.05, 4.69) is 20.1 Å². The summed E-state index contributed by atoms with van der Waals surface area (Å²) in [5.41, 5.74) is 14.3. The maximum Gasteiger partial charge on any atom is 0.260 e. The van der Waals surface area contributed by atoms with E-state index in [9.17, 15) is 17.6 Å². The lowest BCUT2D eigenvalue weighted by Gasteiger charge is -2.28. The van der Waals surface area contributed by atoms with Crippen LogP contribution in [0, 0.1) is 6.92 Å². The van der Waals surface area contributed by atoms with E-state index >= 15 is 0 Å². The van der Waals surface area contributed by atoms with Gasteiger partial charge in [-0.3, -0.25) is 0 Å². The van der Waals surface area contributed by atoms with E-state index in [1.165, 1.54) is 9.08 Å². The molecular formula is C21H25F4N9. The highest BCUT2D eigenvalue weighted by molar-refractivity contribution is 5.88. The average molecular weight is 479 g/mol. The molecule has 1 aliphatic heterocycles. The fourth-order valence-electron chi connectivity index (χ4n) is 4.06. The molecule has 13 heteroatoms. The lowest BCUT2D eigenvalue weighted by Crippen LogP contribution is -2.39. The Labute approximate surface area is 192 Å². The summed E-state index contributed by atoms with van der Waals surface area (Å²) < 4.78 is 53.5. The predicted octanol–water partition coefficient (Wildman–Crippen LogP) is 3.23. The van der Waals surface area contributed by atoms with Gasteiger partial charge in [0.2, 0.25) is 5.95 Å². The van der Waals surface area contributed by atoms with Crippen molar-refractivity contribution in [3.05, 3.63) is 30.2 Å². The molecule has 4 aromatic heterocycles. The van der Waals surface area contributed by atoms with Crippen molar-refractivity contribution in [2.75, 3.05) is 31.6 Å². The molecule has 0 saturated carbocycles. The molecule has 0 atom stereocenters. The van der Waals surface area contributed by atoms with E-state index in [0.29, 0.717) is 40.2 Å². The summed E-state index contributed by atoms with van der Waals surface area (Å²) >= 11 is 0. The maximum absolute atomic E-state index is 12.9. The second-order valence-electron chi connectivity index (χ2n) is 8.28. The van der Waals surface area contributed by atoms with Crippen molar-refractivity contribution >= 4 is 28.4 Å². The Balaban J connectivity index is 0.000000257. The number of hydrogen-bond donors (Lipinski definition) is 2. The van der Waals surface area contributed by atoms with Crippen molar-refractivity contribution in [2.24, 2.45) is 0 Å². The maximum atomic E-state index is 12.9. The van der Waals surface area contributed by atoms with Gasteiger partial charge in [0.15, 0.2) is 11.5 Å². The normalized spacial score (nSPS) is 16.2. The van der Waals surface area contributed by atoms with E-state index in [4.69, 9.17) is 11.5 Å². The Hall–Kier alpha value is -3.48. The zero-order valence-corrected chi connectivity index (χ0v) is 18.7. The summed E-state index contributed by atoms with van der Waals surface area (Å²) in [6.45, 7) is 1.96. The van der Waals surface area contributed by atoms with Gasteiger partial charge in [-0.05, 0) is 45.1 Å². The number of alkyl halides is 4. The minimum absolute atomic E-state index is 0.0567. The van der Waals surface area contributed by atoms with Gasteiger partial charge in [-0.2, -0.15) is 4.98 Å². The number of pyridine rings is 1. The number of rotatable bonds is 3. The number of aromatic nitrogens is 6. The van der Waals surface area contributed by atoms with Crippen LogP contribution >= 0.6 is 0 Å². The highest BCUT2D eigenvalue weighted by Gasteiger charge is 2.33. The number of halogens is 4. The molecule has 0 radical (unpaired) electrons. The molecule has 5 heterocycles. The molecule has 5 rings (SSSR count). The summed E-state index contributed by atoms with van der Waals surface area (Å²) in [4.78, 5) is 14.4. The molecule has 0 bridgehead atoms. The monoisotopic (exact) mass is 479 g/mol. The van der Waals surface area contributed by atoms with E-state index in [1.807, 2.05) is 0 Å². The molecule has 34 heavy (non-hydrogen) atoms. The zero-order chi connectivity index (χ0) is 24.6. The minimum Gasteiger partial charge on any atom is -0.382 e. The second kappa shape index (κ2) is 9.05. The standard InChI is InChI=1S/C15H14F2N8.C6H11F2N/c1-7-20-10-3-2-9(21-14(10)24(7)6-11(16)17)8-4-5-25-12(8)13(18)22-15(19)23-25;1-9-4-2-3-6(7,8)5-9/h2-5,11H,6H2,1H3,(H4,18,19,22,23);2-5H2,1H3. The van der Waals surface area contributed by atoms with Gasteiger partial charge in [0.1, 0.15) is 16.9 Å². The molecule has 182 valence electrons. The van der Waals surface area contributed by atoms with Crippen LogP contribution in [0.3, 0.4) is 0 Å². The summed E-state index contributed by atoms with van der Waals surface area (Å²) in [5.74, 6) is -1.67. The van der Waals surface area contributed by atoms with Gasteiger partial charge in [-0.25, -0.2) is 32.0 Å². The lowest BCUT2D eigenvalue weighted by molar-refractivity contribution is -0.0571. The number of hydrogen-bond acceptors (Lipinski definition) is 7. The van der Waals surface area contributed by atoms with Gasteiger partial charge in [0.25, 0.3) is 12.3 Å². The van der Waals surface area contributed by atoms with Crippen LogP contribution in [0.25, 0.3) is 27.9 Å². The lowest BCUT2D eigenvalue weighted by atomic mass is 10.1. The molecule has 1 aliphatic rings. The van der Waals surface area contributed by atoms with E-state index < -0.39 is 18.9 Å². The first-order chi connectivity index (χ1) is 16.0. The zero-order valence-electron chi connectivity index (χ0n) is 18.7. The van der Waals surface area contributed by atoms with Crippen molar-refractivity contribution < 1.29 is 17.6 Å². The molecule has 0 aliphatic carbocycles. The van der Waals surface area contributed by atoms with Crippen LogP contribution in [0.15, 0.2) is 24.4 Å². The highest BCUT2D eigenvalue weighted by atomic mass is 19.3. The van der Waals surface area contributed by atoms with E-state index in [-0.39, 0.29) is 24.7 Å². The fourth-order valence-corrected chi connectivity index (χ4v) is 4.06. The Morgan fingerprint density at radius 2 is 1.88 bits per heavy atom. The summed E-state index contributed by atoms with van der Waals surface area (Å²) in [5, 5.41) is 4.06. The van der Waals surface area contributed by atoms with Crippen molar-refractivity contribution in [1.82, 2.24) is 34.0 Å². The molecule has 4 N–H and O–H groups in total.